The van der Waals surface area contributed by atoms with Crippen molar-refractivity contribution >= 4 is 25.8 Å². The van der Waals surface area contributed by atoms with Crippen molar-refractivity contribution in [1.29, 1.82) is 0 Å². The first-order valence-corrected chi connectivity index (χ1v) is 6.35. The van der Waals surface area contributed by atoms with E-state index in [0.717, 1.165) is 12.3 Å². The highest BCUT2D eigenvalue weighted by atomic mass is 79.9. The van der Waals surface area contributed by atoms with Crippen LogP contribution in [-0.4, -0.2) is 11.2 Å². The Hall–Kier alpha value is -0.300. The fourth-order valence-corrected chi connectivity index (χ4v) is 1.63. The van der Waals surface area contributed by atoms with E-state index < -0.39 is 14.9 Å². The van der Waals surface area contributed by atoms with Crippen molar-refractivity contribution < 1.29 is 15.5 Å². The van der Waals surface area contributed by atoms with E-state index in [1.54, 1.807) is 0 Å². The minimum Gasteiger partial charge on any atom is -0.242 e. The van der Waals surface area contributed by atoms with E-state index in [0.29, 0.717) is 10.5 Å². The average Bonchev–Trinajstić information content (AvgIpc) is 1.82. The summed E-state index contributed by atoms with van der Waals surface area (Å²) in [5, 5.41) is -1.46. The molecule has 0 spiro atoms. The molecule has 1 aromatic rings. The molecule has 13 heavy (non-hydrogen) atoms. The largest absolute Gasteiger partial charge is 0.242 e. The minimum absolute atomic E-state index is 0.351. The summed E-state index contributed by atoms with van der Waals surface area (Å²) in [4.78, 5) is 3.00. The van der Waals surface area contributed by atoms with Crippen LogP contribution in [0.3, 0.4) is 0 Å². The smallest absolute Gasteiger partial charge is 0.199 e. The van der Waals surface area contributed by atoms with E-state index >= 15 is 0 Å². The number of aromatic nitrogens is 1. The number of nitrogens with zero attached hydrogens (tertiary/aromatic N) is 1. The fraction of sp³-hybridized carbons (Fsp3) is 0.167. The first kappa shape index (κ1) is 10.8. The molecule has 0 bridgehead atoms. The van der Waals surface area contributed by atoms with E-state index in [4.69, 9.17) is 0 Å². The van der Waals surface area contributed by atoms with Crippen LogP contribution in [0.25, 0.3) is 0 Å². The zero-order chi connectivity index (χ0) is 10.4. The standard InChI is InChI=1S/C6H6BrF4NS/c1-13(8,9,10,11)6-3-2-5(7)4-12-6/h2-4H,1H3. The summed E-state index contributed by atoms with van der Waals surface area (Å²) in [7, 11) is -8.08. The Morgan fingerprint density at radius 1 is 1.23 bits per heavy atom. The van der Waals surface area contributed by atoms with Crippen molar-refractivity contribution in [3.63, 3.8) is 0 Å². The third kappa shape index (κ3) is 2.84. The van der Waals surface area contributed by atoms with Crippen LogP contribution in [0.4, 0.5) is 15.5 Å². The molecule has 0 fully saturated rings. The predicted octanol–water partition coefficient (Wildman–Crippen LogP) is 4.25. The second-order valence-corrected chi connectivity index (χ2v) is 7.09. The Balaban J connectivity index is 3.34. The molecule has 0 aliphatic carbocycles. The van der Waals surface area contributed by atoms with Crippen LogP contribution >= 0.6 is 25.8 Å². The fourth-order valence-electron chi connectivity index (χ4n) is 0.666. The minimum atomic E-state index is -8.08. The third-order valence-corrected chi connectivity index (χ3v) is 2.99. The van der Waals surface area contributed by atoms with Gasteiger partial charge in [0, 0.05) is 10.7 Å². The average molecular weight is 280 g/mol. The highest BCUT2D eigenvalue weighted by Gasteiger charge is 2.60. The maximum absolute atomic E-state index is 12.7. The van der Waals surface area contributed by atoms with Crippen molar-refractivity contribution in [2.75, 3.05) is 6.26 Å². The van der Waals surface area contributed by atoms with Gasteiger partial charge in [0.1, 0.15) is 0 Å². The molecule has 0 atom stereocenters. The van der Waals surface area contributed by atoms with Gasteiger partial charge < -0.3 is 0 Å². The van der Waals surface area contributed by atoms with Gasteiger partial charge in [-0.3, -0.25) is 0 Å². The summed E-state index contributed by atoms with van der Waals surface area (Å²) in [6.07, 6.45) is 0.563. The van der Waals surface area contributed by atoms with Crippen molar-refractivity contribution in [3.8, 4) is 0 Å². The molecule has 0 unspecified atom stereocenters. The van der Waals surface area contributed by atoms with Crippen molar-refractivity contribution in [2.24, 2.45) is 0 Å². The Bertz CT molecular complexity index is 329. The summed E-state index contributed by atoms with van der Waals surface area (Å²) in [5.74, 6) is 0. The van der Waals surface area contributed by atoms with Crippen LogP contribution in [0, 0.1) is 0 Å². The molecular formula is C6H6BrF4NS. The molecular weight excluding hydrogens is 274 g/mol. The highest BCUT2D eigenvalue weighted by Crippen LogP contribution is 2.97. The van der Waals surface area contributed by atoms with Crippen molar-refractivity contribution in [2.45, 2.75) is 5.03 Å². The Morgan fingerprint density at radius 3 is 2.08 bits per heavy atom. The molecule has 0 aliphatic rings. The molecule has 1 nitrogen and oxygen atoms in total. The summed E-state index contributed by atoms with van der Waals surface area (Å²) < 4.78 is 51.0. The van der Waals surface area contributed by atoms with Crippen LogP contribution in [0.1, 0.15) is 0 Å². The first-order valence-electron chi connectivity index (χ1n) is 3.10. The normalized spacial score (nSPS) is 17.7. The van der Waals surface area contributed by atoms with Gasteiger partial charge in [0.25, 0.3) is 0 Å². The van der Waals surface area contributed by atoms with Gasteiger partial charge in [-0.05, 0) is 28.1 Å². The van der Waals surface area contributed by atoms with Gasteiger partial charge in [-0.15, -0.1) is 15.5 Å². The first-order chi connectivity index (χ1) is 5.49. The van der Waals surface area contributed by atoms with Crippen molar-refractivity contribution in [3.05, 3.63) is 22.8 Å². The van der Waals surface area contributed by atoms with Gasteiger partial charge in [0.15, 0.2) is 14.9 Å². The number of hydrogen-bond donors (Lipinski definition) is 0. The van der Waals surface area contributed by atoms with Gasteiger partial charge in [0.05, 0.1) is 6.26 Å². The monoisotopic (exact) mass is 279 g/mol. The molecule has 0 saturated carbocycles. The predicted molar refractivity (Wildman–Crippen MR) is 48.2 cm³/mol. The Morgan fingerprint density at radius 2 is 1.77 bits per heavy atom. The lowest BCUT2D eigenvalue weighted by molar-refractivity contribution is 0.451. The van der Waals surface area contributed by atoms with E-state index in [-0.39, 0.29) is 6.26 Å². The molecule has 1 heterocycles. The maximum Gasteiger partial charge on any atom is 0.199 e. The molecule has 7 heteroatoms. The molecule has 0 aromatic carbocycles. The molecule has 0 N–H and O–H groups in total. The number of pyridine rings is 1. The van der Waals surface area contributed by atoms with Gasteiger partial charge in [-0.25, -0.2) is 4.98 Å². The summed E-state index contributed by atoms with van der Waals surface area (Å²) in [6, 6.07) is 1.72. The molecule has 0 radical (unpaired) electrons. The molecule has 76 valence electrons. The maximum atomic E-state index is 12.7. The zero-order valence-electron chi connectivity index (χ0n) is 6.48. The second-order valence-electron chi connectivity index (χ2n) is 2.79. The molecule has 0 amide bonds. The van der Waals surface area contributed by atoms with Crippen LogP contribution < -0.4 is 0 Å². The third-order valence-electron chi connectivity index (χ3n) is 1.23. The van der Waals surface area contributed by atoms with Crippen LogP contribution in [0.5, 0.6) is 0 Å². The lowest BCUT2D eigenvalue weighted by atomic mass is 10.5. The van der Waals surface area contributed by atoms with Gasteiger partial charge in [-0.1, -0.05) is 0 Å². The second kappa shape index (κ2) is 2.20. The number of halogens is 5. The van der Waals surface area contributed by atoms with Crippen LogP contribution in [0.15, 0.2) is 27.8 Å². The Kier molecular flexibility index (Phi) is 1.82. The van der Waals surface area contributed by atoms with Crippen LogP contribution in [0.2, 0.25) is 0 Å². The summed E-state index contributed by atoms with van der Waals surface area (Å²) in [6.45, 7) is 0. The molecule has 1 aromatic heterocycles. The van der Waals surface area contributed by atoms with Crippen molar-refractivity contribution in [1.82, 2.24) is 4.98 Å². The molecule has 1 rings (SSSR count). The van der Waals surface area contributed by atoms with Gasteiger partial charge in [-0.2, -0.15) is 0 Å². The topological polar surface area (TPSA) is 12.9 Å². The SMILES string of the molecule is CS(F)(F)(F)(F)c1ccc(Br)cn1. The molecule has 0 saturated heterocycles. The lowest BCUT2D eigenvalue weighted by Crippen LogP contribution is -2.12. The Labute approximate surface area is 80.7 Å². The zero-order valence-corrected chi connectivity index (χ0v) is 8.88. The summed E-state index contributed by atoms with van der Waals surface area (Å²) >= 11 is 2.91. The van der Waals surface area contributed by atoms with Gasteiger partial charge in [0.2, 0.25) is 0 Å². The van der Waals surface area contributed by atoms with Crippen LogP contribution in [-0.2, 0) is 0 Å². The molecule has 0 aliphatic heterocycles. The van der Waals surface area contributed by atoms with E-state index in [1.165, 1.54) is 0 Å². The highest BCUT2D eigenvalue weighted by molar-refractivity contribution is 9.10. The van der Waals surface area contributed by atoms with E-state index in [2.05, 4.69) is 20.9 Å². The van der Waals surface area contributed by atoms with E-state index in [9.17, 15) is 15.5 Å². The van der Waals surface area contributed by atoms with Gasteiger partial charge >= 0.3 is 0 Å². The lowest BCUT2D eigenvalue weighted by Gasteiger charge is -2.44. The summed E-state index contributed by atoms with van der Waals surface area (Å²) in [5.41, 5.74) is 0. The number of rotatable bonds is 1. The van der Waals surface area contributed by atoms with E-state index in [1.807, 2.05) is 0 Å². The quantitative estimate of drug-likeness (QED) is 0.701. The number of hydrogen-bond acceptors (Lipinski definition) is 1.